The van der Waals surface area contributed by atoms with Crippen molar-refractivity contribution in [3.8, 4) is 0 Å². The summed E-state index contributed by atoms with van der Waals surface area (Å²) in [5.74, 6) is -0.284. The first-order valence-electron chi connectivity index (χ1n) is 6.88. The monoisotopic (exact) mass is 269 g/mol. The van der Waals surface area contributed by atoms with Gasteiger partial charge in [-0.05, 0) is 37.0 Å². The lowest BCUT2D eigenvalue weighted by Gasteiger charge is -2.28. The molecule has 1 fully saturated rings. The molecule has 106 valence electrons. The third kappa shape index (κ3) is 3.98. The summed E-state index contributed by atoms with van der Waals surface area (Å²) in [5.41, 5.74) is 6.07. The Labute approximate surface area is 112 Å². The maximum atomic E-state index is 13.5. The lowest BCUT2D eigenvalue weighted by Crippen LogP contribution is -2.26. The molecule has 1 saturated carbocycles. The smallest absolute Gasteiger partial charge is 0.128 e. The second-order valence-corrected chi connectivity index (χ2v) is 5.50. The Hall–Kier alpha value is -1.00. The van der Waals surface area contributed by atoms with Crippen molar-refractivity contribution in [1.29, 1.82) is 0 Å². The van der Waals surface area contributed by atoms with Gasteiger partial charge in [0.15, 0.2) is 0 Å². The molecule has 0 heterocycles. The van der Waals surface area contributed by atoms with E-state index in [4.69, 9.17) is 10.5 Å². The van der Waals surface area contributed by atoms with Crippen LogP contribution in [0.25, 0.3) is 0 Å². The van der Waals surface area contributed by atoms with Crippen molar-refractivity contribution in [1.82, 2.24) is 0 Å². The molecular weight excluding hydrogens is 248 g/mol. The summed E-state index contributed by atoms with van der Waals surface area (Å²) < 4.78 is 32.4. The van der Waals surface area contributed by atoms with Gasteiger partial charge in [-0.3, -0.25) is 0 Å². The zero-order chi connectivity index (χ0) is 13.8. The van der Waals surface area contributed by atoms with E-state index in [0.29, 0.717) is 5.92 Å². The van der Waals surface area contributed by atoms with E-state index in [-0.39, 0.29) is 18.3 Å². The molecule has 2 N–H and O–H groups in total. The highest BCUT2D eigenvalue weighted by molar-refractivity contribution is 5.22. The van der Waals surface area contributed by atoms with Crippen molar-refractivity contribution in [3.05, 3.63) is 35.4 Å². The molecule has 0 aromatic heterocycles. The summed E-state index contributed by atoms with van der Waals surface area (Å²) in [6, 6.07) is 2.72. The van der Waals surface area contributed by atoms with Gasteiger partial charge in [-0.25, -0.2) is 8.78 Å². The van der Waals surface area contributed by atoms with Crippen LogP contribution in [0.1, 0.15) is 44.2 Å². The first-order valence-corrected chi connectivity index (χ1v) is 6.88. The van der Waals surface area contributed by atoms with Gasteiger partial charge < -0.3 is 10.5 Å². The molecule has 0 bridgehead atoms. The first-order chi connectivity index (χ1) is 9.06. The average molecular weight is 269 g/mol. The topological polar surface area (TPSA) is 35.2 Å². The summed E-state index contributed by atoms with van der Waals surface area (Å²) in [6.45, 7) is 2.44. The van der Waals surface area contributed by atoms with Gasteiger partial charge in [0, 0.05) is 5.56 Å². The van der Waals surface area contributed by atoms with Crippen molar-refractivity contribution in [2.24, 2.45) is 11.7 Å². The van der Waals surface area contributed by atoms with Crippen LogP contribution in [0, 0.1) is 17.6 Å². The second kappa shape index (κ2) is 6.44. The lowest BCUT2D eigenvalue weighted by atomic mass is 9.89. The van der Waals surface area contributed by atoms with E-state index in [2.05, 4.69) is 6.92 Å². The molecule has 0 spiro atoms. The van der Waals surface area contributed by atoms with Gasteiger partial charge in [-0.1, -0.05) is 19.8 Å². The summed E-state index contributed by atoms with van der Waals surface area (Å²) in [4.78, 5) is 0. The number of halogens is 2. The van der Waals surface area contributed by atoms with Crippen LogP contribution in [0.3, 0.4) is 0 Å². The Morgan fingerprint density at radius 3 is 2.89 bits per heavy atom. The van der Waals surface area contributed by atoms with E-state index in [1.807, 2.05) is 0 Å². The summed E-state index contributed by atoms with van der Waals surface area (Å²) >= 11 is 0. The van der Waals surface area contributed by atoms with Gasteiger partial charge in [0.05, 0.1) is 18.8 Å². The van der Waals surface area contributed by atoms with Crippen molar-refractivity contribution in [2.45, 2.75) is 44.8 Å². The molecule has 4 heteroatoms. The number of nitrogens with two attached hydrogens (primary N) is 1. The minimum atomic E-state index is -0.618. The summed E-state index contributed by atoms with van der Waals surface area (Å²) in [6.07, 6.45) is 4.66. The van der Waals surface area contributed by atoms with Gasteiger partial charge in [0.2, 0.25) is 0 Å². The van der Waals surface area contributed by atoms with Crippen molar-refractivity contribution >= 4 is 0 Å². The molecule has 3 atom stereocenters. The van der Waals surface area contributed by atoms with E-state index < -0.39 is 17.7 Å². The maximum absolute atomic E-state index is 13.5. The van der Waals surface area contributed by atoms with Crippen molar-refractivity contribution in [3.63, 3.8) is 0 Å². The van der Waals surface area contributed by atoms with Crippen LogP contribution in [0.15, 0.2) is 18.2 Å². The van der Waals surface area contributed by atoms with Crippen LogP contribution in [-0.2, 0) is 4.74 Å². The third-order valence-electron chi connectivity index (χ3n) is 3.76. The highest BCUT2D eigenvalue weighted by Crippen LogP contribution is 2.26. The third-order valence-corrected chi connectivity index (χ3v) is 3.76. The molecular formula is C15H21F2NO. The fraction of sp³-hybridized carbons (Fsp3) is 0.600. The van der Waals surface area contributed by atoms with Gasteiger partial charge in [-0.15, -0.1) is 0 Å². The molecule has 1 aromatic rings. The SMILES string of the molecule is CC1CCCC(OCC(N)c2cc(F)ccc2F)C1. The fourth-order valence-electron chi connectivity index (χ4n) is 2.66. The molecule has 19 heavy (non-hydrogen) atoms. The highest BCUT2D eigenvalue weighted by atomic mass is 19.1. The van der Waals surface area contributed by atoms with Gasteiger partial charge in [0.1, 0.15) is 11.6 Å². The van der Waals surface area contributed by atoms with Crippen LogP contribution >= 0.6 is 0 Å². The van der Waals surface area contributed by atoms with E-state index in [1.165, 1.54) is 6.42 Å². The van der Waals surface area contributed by atoms with Gasteiger partial charge in [0.25, 0.3) is 0 Å². The van der Waals surface area contributed by atoms with Gasteiger partial charge in [-0.2, -0.15) is 0 Å². The Kier molecular flexibility index (Phi) is 4.88. The normalized spacial score (nSPS) is 25.3. The highest BCUT2D eigenvalue weighted by Gasteiger charge is 2.21. The molecule has 0 radical (unpaired) electrons. The van der Waals surface area contributed by atoms with Crippen molar-refractivity contribution < 1.29 is 13.5 Å². The van der Waals surface area contributed by atoms with Crippen LogP contribution in [0.4, 0.5) is 8.78 Å². The largest absolute Gasteiger partial charge is 0.376 e. The summed E-state index contributed by atoms with van der Waals surface area (Å²) in [5, 5.41) is 0. The van der Waals surface area contributed by atoms with E-state index in [0.717, 1.165) is 37.5 Å². The zero-order valence-corrected chi connectivity index (χ0v) is 11.2. The molecule has 2 rings (SSSR count). The molecule has 0 saturated heterocycles. The maximum Gasteiger partial charge on any atom is 0.128 e. The second-order valence-electron chi connectivity index (χ2n) is 5.50. The molecule has 1 aliphatic carbocycles. The quantitative estimate of drug-likeness (QED) is 0.907. The fourth-order valence-corrected chi connectivity index (χ4v) is 2.66. The predicted molar refractivity (Wildman–Crippen MR) is 70.7 cm³/mol. The van der Waals surface area contributed by atoms with Crippen LogP contribution in [0.2, 0.25) is 0 Å². The first kappa shape index (κ1) is 14.4. The number of hydrogen-bond acceptors (Lipinski definition) is 2. The number of rotatable bonds is 4. The number of benzene rings is 1. The van der Waals surface area contributed by atoms with Gasteiger partial charge >= 0.3 is 0 Å². The average Bonchev–Trinajstić information content (AvgIpc) is 2.39. The minimum absolute atomic E-state index is 0.184. The lowest BCUT2D eigenvalue weighted by molar-refractivity contribution is 0.00814. The number of hydrogen-bond donors (Lipinski definition) is 1. The molecule has 3 unspecified atom stereocenters. The molecule has 2 nitrogen and oxygen atoms in total. The van der Waals surface area contributed by atoms with E-state index in [1.54, 1.807) is 0 Å². The Morgan fingerprint density at radius 1 is 1.37 bits per heavy atom. The Bertz CT molecular complexity index is 425. The van der Waals surface area contributed by atoms with Crippen LogP contribution in [-0.4, -0.2) is 12.7 Å². The van der Waals surface area contributed by atoms with Crippen LogP contribution in [0.5, 0.6) is 0 Å². The standard InChI is InChI=1S/C15H21F2NO/c1-10-3-2-4-12(7-10)19-9-15(18)13-8-11(16)5-6-14(13)17/h5-6,8,10,12,15H,2-4,7,9,18H2,1H3. The molecule has 1 aliphatic rings. The molecule has 0 amide bonds. The Balaban J connectivity index is 1.90. The van der Waals surface area contributed by atoms with E-state index in [9.17, 15) is 8.78 Å². The molecule has 1 aromatic carbocycles. The minimum Gasteiger partial charge on any atom is -0.376 e. The Morgan fingerprint density at radius 2 is 2.16 bits per heavy atom. The van der Waals surface area contributed by atoms with Crippen molar-refractivity contribution in [2.75, 3.05) is 6.61 Å². The number of ether oxygens (including phenoxy) is 1. The zero-order valence-electron chi connectivity index (χ0n) is 11.2. The van der Waals surface area contributed by atoms with E-state index >= 15 is 0 Å². The summed E-state index contributed by atoms with van der Waals surface area (Å²) in [7, 11) is 0. The van der Waals surface area contributed by atoms with Crippen LogP contribution < -0.4 is 5.73 Å². The predicted octanol–water partition coefficient (Wildman–Crippen LogP) is 3.56. The molecule has 0 aliphatic heterocycles.